The summed E-state index contributed by atoms with van der Waals surface area (Å²) in [5.74, 6) is -2.94. The fourth-order valence-electron chi connectivity index (χ4n) is 11.3. The molecule has 0 amide bonds. The van der Waals surface area contributed by atoms with Gasteiger partial charge in [-0.25, -0.2) is 13.2 Å². The summed E-state index contributed by atoms with van der Waals surface area (Å²) >= 11 is 0. The van der Waals surface area contributed by atoms with Crippen LogP contribution in [0.5, 0.6) is 69.0 Å². The first kappa shape index (κ1) is 51.9. The van der Waals surface area contributed by atoms with Gasteiger partial charge in [0.25, 0.3) is 6.47 Å². The summed E-state index contributed by atoms with van der Waals surface area (Å²) < 4.78 is 256. The van der Waals surface area contributed by atoms with Gasteiger partial charge in [-0.3, -0.25) is 24.5 Å². The first-order valence-corrected chi connectivity index (χ1v) is 32.3. The van der Waals surface area contributed by atoms with Crippen molar-refractivity contribution in [3.8, 4) is 69.0 Å². The second-order valence-electron chi connectivity index (χ2n) is 25.3. The Balaban J connectivity index is 0.000000167. The second kappa shape index (κ2) is 30.8. The van der Waals surface area contributed by atoms with E-state index in [1.807, 2.05) is 30.3 Å². The highest BCUT2D eigenvalue weighted by atomic mass is 19.1. The molecule has 0 atom stereocenters. The third-order valence-electron chi connectivity index (χ3n) is 17.6. The molecule has 3 fully saturated rings. The van der Waals surface area contributed by atoms with Gasteiger partial charge in [-0.1, -0.05) is 83.3 Å². The number of fused-ring (bicyclic) bond motifs is 6. The highest BCUT2D eigenvalue weighted by Gasteiger charge is 2.46. The molecule has 104 heavy (non-hydrogen) atoms. The molecule has 16 rings (SSSR count). The van der Waals surface area contributed by atoms with Gasteiger partial charge in [-0.05, 0) is 155 Å². The van der Waals surface area contributed by atoms with Crippen molar-refractivity contribution in [3.05, 3.63) is 213 Å². The van der Waals surface area contributed by atoms with Crippen LogP contribution in [0.15, 0.2) is 156 Å². The van der Waals surface area contributed by atoms with E-state index < -0.39 is 104 Å². The summed E-state index contributed by atoms with van der Waals surface area (Å²) in [6.45, 7) is -7.09. The minimum Gasteiger partial charge on any atom is -0.493 e. The largest absolute Gasteiger partial charge is 0.493 e. The normalized spacial score (nSPS) is 18.4. The number of methoxy groups -OCH3 is 3. The quantitative estimate of drug-likeness (QED) is 0.0363. The van der Waals surface area contributed by atoms with E-state index in [1.165, 1.54) is 51.9 Å². The van der Waals surface area contributed by atoms with E-state index >= 15 is 13.2 Å². The molecule has 3 heterocycles. The second-order valence-corrected chi connectivity index (χ2v) is 25.3. The molecular weight excluding hydrogens is 1330 g/mol. The van der Waals surface area contributed by atoms with Crippen LogP contribution in [0, 0.1) is 22.9 Å². The lowest BCUT2D eigenvalue weighted by Gasteiger charge is -2.18. The van der Waals surface area contributed by atoms with E-state index in [2.05, 4.69) is 15.0 Å². The number of nitrogens with zero attached hydrogens (tertiary/aromatic N) is 3. The summed E-state index contributed by atoms with van der Waals surface area (Å²) in [4.78, 5) is 33.8. The Kier molecular flexibility index (Phi) is 15.4. The van der Waals surface area contributed by atoms with Crippen molar-refractivity contribution in [2.45, 2.75) is 102 Å². The fourth-order valence-corrected chi connectivity index (χ4v) is 11.3. The van der Waals surface area contributed by atoms with Crippen molar-refractivity contribution in [2.75, 3.05) is 41.2 Å². The van der Waals surface area contributed by atoms with Crippen molar-refractivity contribution >= 4 is 63.3 Å². The SMILES string of the molecule is N.O=CO.[2H]C1=C(C([2H])([2H])[2H])Cc2c([2H])c([2H])c(Oc3cc([2H])nc4cc(OCC5(N)CC5)c(OC)cc34)c(F)c21.[2H]C1=C(C([2H])([2H])[2H])Cc2c([2H])c([2H])c(Oc3ccnc4cc(OCC5(CC(=O)OCc6ccccc6)CC5)c(OC)cc34)c(F)c21.[2H]C1=C(C([2H])([2H])[2H])Cc2c([2H])c([2H])c(Oc3ccnc4cc(OCC5(N)CC5)c(OC)cc34)c(F)c21. The van der Waals surface area contributed by atoms with Gasteiger partial charge in [0.15, 0.2) is 69.2 Å². The molecule has 3 saturated carbocycles. The van der Waals surface area contributed by atoms with Crippen LogP contribution < -0.4 is 60.2 Å². The highest BCUT2D eigenvalue weighted by Crippen LogP contribution is 2.51. The van der Waals surface area contributed by atoms with Crippen molar-refractivity contribution in [1.82, 2.24) is 21.1 Å². The first-order valence-electron chi connectivity index (χ1n) is 41.8. The highest BCUT2D eigenvalue weighted by molar-refractivity contribution is 5.91. The number of benzene rings is 7. The van der Waals surface area contributed by atoms with E-state index in [0.29, 0.717) is 68.3 Å². The molecule has 0 bridgehead atoms. The maximum Gasteiger partial charge on any atom is 0.306 e. The van der Waals surface area contributed by atoms with E-state index in [4.69, 9.17) is 94.8 Å². The van der Waals surface area contributed by atoms with Crippen molar-refractivity contribution in [1.29, 1.82) is 0 Å². The average molecular weight is 1430 g/mol. The van der Waals surface area contributed by atoms with Gasteiger partial charge < -0.3 is 70.1 Å². The number of rotatable bonds is 22. The van der Waals surface area contributed by atoms with Gasteiger partial charge in [0, 0.05) is 87.4 Å². The molecular formula is C82H81F3N6O13. The van der Waals surface area contributed by atoms with E-state index in [9.17, 15) is 4.79 Å². The Labute approximate surface area is 626 Å². The zero-order valence-corrected chi connectivity index (χ0v) is 56.4. The number of carbonyl (C=O) groups is 2. The number of halogens is 3. The number of carbonyl (C=O) groups excluding carboxylic acids is 1. The Bertz CT molecular complexity index is 5990. The molecule has 0 aliphatic heterocycles. The van der Waals surface area contributed by atoms with E-state index in [0.717, 1.165) is 44.1 Å². The van der Waals surface area contributed by atoms with Gasteiger partial charge in [0.1, 0.15) is 37.1 Å². The number of allylic oxidation sites excluding steroid dienone is 3. The van der Waals surface area contributed by atoms with E-state index in [-0.39, 0.29) is 166 Å². The molecule has 0 spiro atoms. The van der Waals surface area contributed by atoms with Crippen LogP contribution in [0.3, 0.4) is 0 Å². The van der Waals surface area contributed by atoms with Gasteiger partial charge >= 0.3 is 5.97 Å². The number of carboxylic acid groups (broad SMARTS) is 1. The first-order chi connectivity index (χ1) is 57.6. The number of hydrogen-bond acceptors (Lipinski definition) is 18. The molecule has 0 radical (unpaired) electrons. The summed E-state index contributed by atoms with van der Waals surface area (Å²) in [7, 11) is 4.37. The van der Waals surface area contributed by atoms with Crippen LogP contribution in [0.1, 0.15) is 130 Å². The molecule has 6 aliphatic carbocycles. The lowest BCUT2D eigenvalue weighted by atomic mass is 10.0. The predicted molar refractivity (Wildman–Crippen MR) is 391 cm³/mol. The number of hydrogen-bond donors (Lipinski definition) is 4. The zero-order chi connectivity index (χ0) is 88.4. The maximum absolute atomic E-state index is 15.8. The number of ether oxygens (including phenoxy) is 10. The van der Waals surface area contributed by atoms with Crippen LogP contribution in [-0.4, -0.2) is 84.7 Å². The van der Waals surface area contributed by atoms with Crippen molar-refractivity contribution in [2.24, 2.45) is 16.9 Å². The predicted octanol–water partition coefficient (Wildman–Crippen LogP) is 17.3. The smallest absolute Gasteiger partial charge is 0.306 e. The Morgan fingerprint density at radius 3 is 1.28 bits per heavy atom. The van der Waals surface area contributed by atoms with Gasteiger partial charge in [0.2, 0.25) is 0 Å². The number of esters is 1. The van der Waals surface area contributed by atoms with Crippen molar-refractivity contribution < 1.29 is 101 Å². The molecule has 538 valence electrons. The standard InChI is InChI=1S/C33H30FNO5.2C24H23FN2O3.CH2O2.H3N/c1-21-14-23-8-9-28(32(34)24(23)15-21)40-27-10-13-35-26-17-30(29(37-2)16-25(26)27)39-20-33(11-12-33)18-31(36)38-19-22-6-4-3-5-7-22;2*1-14-9-15-3-4-20(23(25)16(15)10-14)30-19-5-8-27-18-12-22(21(28-2)11-17(18)19)29-13-24(26)6-7-24;2-1-3;/h3-10,13,15-17H,11-12,14,18-20H2,1-2H3;2*3-5,8,10-12H,6-7,9,13,26H2,1-2H3;1H,(H,2,3);1H3/i1D3,8D,9D,15D;1D3,3D,4D,8D,10D;1D3,3D,4D,10D;;. The molecule has 6 aliphatic rings. The topological polar surface area (TPSA) is 272 Å². The summed E-state index contributed by atoms with van der Waals surface area (Å²) in [5, 5.41) is 8.05. The van der Waals surface area contributed by atoms with Crippen LogP contribution in [0.4, 0.5) is 13.2 Å². The number of aromatic nitrogens is 3. The maximum atomic E-state index is 15.8. The summed E-state index contributed by atoms with van der Waals surface area (Å²) in [5.41, 5.74) is 11.3. The molecule has 3 aromatic heterocycles. The molecule has 7 aromatic carbocycles. The minimum atomic E-state index is -2.64. The summed E-state index contributed by atoms with van der Waals surface area (Å²) in [6, 6.07) is 18.7. The van der Waals surface area contributed by atoms with E-state index in [1.54, 1.807) is 36.4 Å². The Morgan fingerprint density at radius 1 is 0.519 bits per heavy atom. The average Bonchev–Trinajstić information content (AvgIpc) is 1.61. The molecule has 0 saturated heterocycles. The van der Waals surface area contributed by atoms with Crippen LogP contribution in [-0.2, 0) is 40.2 Å². The van der Waals surface area contributed by atoms with Gasteiger partial charge in [0.05, 0.1) is 75.7 Å². The van der Waals surface area contributed by atoms with Crippen LogP contribution >= 0.6 is 0 Å². The molecule has 0 unspecified atom stereocenters. The van der Waals surface area contributed by atoms with Crippen LogP contribution in [0.2, 0.25) is 0 Å². The third-order valence-corrected chi connectivity index (χ3v) is 17.6. The Hall–Kier alpha value is -11.2. The Morgan fingerprint density at radius 2 is 0.904 bits per heavy atom. The van der Waals surface area contributed by atoms with Crippen LogP contribution in [0.25, 0.3) is 50.9 Å². The monoisotopic (exact) mass is 1430 g/mol. The molecule has 10 aromatic rings. The summed E-state index contributed by atoms with van der Waals surface area (Å²) in [6.07, 6.45) is 7.04. The molecule has 19 nitrogen and oxygen atoms in total. The molecule has 8 N–H and O–H groups in total. The minimum absolute atomic E-state index is 0. The number of nitrogens with two attached hydrogens (primary N) is 2. The van der Waals surface area contributed by atoms with Gasteiger partial charge in [-0.2, -0.15) is 0 Å². The third kappa shape index (κ3) is 16.5. The van der Waals surface area contributed by atoms with Crippen molar-refractivity contribution in [3.63, 3.8) is 0 Å². The number of pyridine rings is 3. The zero-order valence-electron chi connectivity index (χ0n) is 75.4. The molecule has 22 heteroatoms. The lowest BCUT2D eigenvalue weighted by molar-refractivity contribution is -0.146. The lowest BCUT2D eigenvalue weighted by Crippen LogP contribution is -2.29. The van der Waals surface area contributed by atoms with Gasteiger partial charge in [-0.15, -0.1) is 0 Å². The fraction of sp³-hybridized carbons (Fsp3) is 0.280.